The predicted octanol–water partition coefficient (Wildman–Crippen LogP) is 1.99. The van der Waals surface area contributed by atoms with Gasteiger partial charge in [-0.15, -0.1) is 5.73 Å². The molecule has 4 nitrogen and oxygen atoms in total. The Labute approximate surface area is 82.0 Å². The minimum Gasteiger partial charge on any atom is -0.145 e. The summed E-state index contributed by atoms with van der Waals surface area (Å²) in [7, 11) is 0. The van der Waals surface area contributed by atoms with E-state index in [1.807, 2.05) is 18.2 Å². The van der Waals surface area contributed by atoms with Crippen LogP contribution in [0.3, 0.4) is 0 Å². The zero-order chi connectivity index (χ0) is 9.97. The van der Waals surface area contributed by atoms with Crippen molar-refractivity contribution >= 4 is 17.2 Å². The lowest BCUT2D eigenvalue weighted by atomic mass is 10.3. The first kappa shape index (κ1) is 9.02. The number of benzene rings is 1. The zero-order valence-electron chi connectivity index (χ0n) is 7.68. The van der Waals surface area contributed by atoms with Crippen LogP contribution in [-0.4, -0.2) is 17.1 Å². The van der Waals surface area contributed by atoms with Gasteiger partial charge in [0, 0.05) is 11.3 Å². The third-order valence-corrected chi connectivity index (χ3v) is 2.14. The predicted molar refractivity (Wildman–Crippen MR) is 53.1 cm³/mol. The molecular formula is C10H10N3O+. The monoisotopic (exact) mass is 188 g/mol. The van der Waals surface area contributed by atoms with Crippen LogP contribution in [0.4, 0.5) is 11.4 Å². The van der Waals surface area contributed by atoms with Crippen molar-refractivity contribution in [3.8, 4) is 0 Å². The van der Waals surface area contributed by atoms with Crippen LogP contribution in [0, 0.1) is 4.91 Å². The fraction of sp³-hybridized carbons (Fsp3) is 0.300. The Morgan fingerprint density at radius 2 is 2.14 bits per heavy atom. The first-order valence-corrected chi connectivity index (χ1v) is 4.57. The molecule has 1 aromatic carbocycles. The molecule has 0 saturated carbocycles. The van der Waals surface area contributed by atoms with Crippen molar-refractivity contribution in [1.29, 1.82) is 0 Å². The molecule has 1 aromatic rings. The van der Waals surface area contributed by atoms with E-state index in [0.29, 0.717) is 24.4 Å². The Bertz CT molecular complexity index is 398. The summed E-state index contributed by atoms with van der Waals surface area (Å²) in [5.74, 6) is 0.486. The maximum atomic E-state index is 11.6. The van der Waals surface area contributed by atoms with Crippen LogP contribution in [0.5, 0.6) is 0 Å². The van der Waals surface area contributed by atoms with Crippen molar-refractivity contribution in [2.24, 2.45) is 4.99 Å². The van der Waals surface area contributed by atoms with Crippen molar-refractivity contribution in [2.75, 3.05) is 6.54 Å². The van der Waals surface area contributed by atoms with E-state index in [-0.39, 0.29) is 6.54 Å². The summed E-state index contributed by atoms with van der Waals surface area (Å²) in [6.07, 6.45) is 1.10. The van der Waals surface area contributed by atoms with E-state index in [0.717, 1.165) is 10.4 Å². The summed E-state index contributed by atoms with van der Waals surface area (Å²) in [4.78, 5) is 15.8. The molecule has 1 heterocycles. The van der Waals surface area contributed by atoms with Gasteiger partial charge in [-0.05, 0) is 23.5 Å². The molecule has 14 heavy (non-hydrogen) atoms. The number of rotatable bonds is 3. The van der Waals surface area contributed by atoms with Gasteiger partial charge in [0.15, 0.2) is 0 Å². The van der Waals surface area contributed by atoms with Gasteiger partial charge in [0.05, 0.1) is 6.42 Å². The molecule has 0 aliphatic carbocycles. The number of aliphatic imine (C=N–C) groups is 1. The second-order valence-electron chi connectivity index (χ2n) is 3.14. The highest BCUT2D eigenvalue weighted by Crippen LogP contribution is 2.33. The van der Waals surface area contributed by atoms with Gasteiger partial charge < -0.3 is 0 Å². The third-order valence-electron chi connectivity index (χ3n) is 2.14. The van der Waals surface area contributed by atoms with E-state index in [9.17, 15) is 4.91 Å². The summed E-state index contributed by atoms with van der Waals surface area (Å²) in [6, 6.07) is 7.23. The summed E-state index contributed by atoms with van der Waals surface area (Å²) in [6.45, 7) is 0.0865. The van der Waals surface area contributed by atoms with Crippen LogP contribution in [-0.2, 0) is 0 Å². The van der Waals surface area contributed by atoms with Crippen LogP contribution < -0.4 is 5.73 Å². The average Bonchev–Trinajstić information content (AvgIpc) is 2.54. The molecule has 70 valence electrons. The molecule has 2 radical (unpaired) electrons. The molecule has 0 N–H and O–H groups in total. The highest BCUT2D eigenvalue weighted by molar-refractivity contribution is 5.86. The maximum Gasteiger partial charge on any atom is 0.343 e. The first-order chi connectivity index (χ1) is 6.83. The van der Waals surface area contributed by atoms with Crippen LogP contribution in [0.1, 0.15) is 12.8 Å². The van der Waals surface area contributed by atoms with E-state index in [1.54, 1.807) is 6.07 Å². The average molecular weight is 188 g/mol. The number of amidine groups is 1. The van der Waals surface area contributed by atoms with Crippen LogP contribution in [0.25, 0.3) is 0 Å². The normalized spacial score (nSPS) is 14.1. The molecule has 0 saturated heterocycles. The number of nitrogens with zero attached hydrogens (tertiary/aromatic N) is 3. The summed E-state index contributed by atoms with van der Waals surface area (Å²) >= 11 is 0. The van der Waals surface area contributed by atoms with E-state index >= 15 is 0 Å². The summed E-state index contributed by atoms with van der Waals surface area (Å²) < 4.78 is 0.838. The fourth-order valence-corrected chi connectivity index (χ4v) is 1.45. The lowest BCUT2D eigenvalue weighted by Crippen LogP contribution is -2.09. The van der Waals surface area contributed by atoms with Crippen molar-refractivity contribution in [3.63, 3.8) is 0 Å². The van der Waals surface area contributed by atoms with Crippen molar-refractivity contribution in [1.82, 2.24) is 5.73 Å². The minimum atomic E-state index is 0.0865. The van der Waals surface area contributed by atoms with Gasteiger partial charge in [-0.1, -0.05) is 17.0 Å². The lowest BCUT2D eigenvalue weighted by molar-refractivity contribution is -0.329. The van der Waals surface area contributed by atoms with Gasteiger partial charge in [0.2, 0.25) is 11.4 Å². The molecule has 0 fully saturated rings. The van der Waals surface area contributed by atoms with E-state index in [2.05, 4.69) is 4.99 Å². The van der Waals surface area contributed by atoms with Gasteiger partial charge in [-0.2, -0.15) is 0 Å². The Balaban J connectivity index is 2.24. The third kappa shape index (κ3) is 1.44. The lowest BCUT2D eigenvalue weighted by Gasteiger charge is -1.89. The van der Waals surface area contributed by atoms with Crippen LogP contribution in [0.15, 0.2) is 29.3 Å². The van der Waals surface area contributed by atoms with Gasteiger partial charge in [0.25, 0.3) is 0 Å². The molecule has 0 atom stereocenters. The molecule has 1 aliphatic rings. The standard InChI is InChI=1S/C10H10N3O/c11-7-3-6-10-12-8-4-1-2-5-9(8)13(10)14/h1-2,4-5H,3,6-7H2/q+1. The Morgan fingerprint density at radius 3 is 2.86 bits per heavy atom. The second kappa shape index (κ2) is 3.67. The summed E-state index contributed by atoms with van der Waals surface area (Å²) in [5, 5.41) is 0. The SMILES string of the molecule is [N]CCCC1=Nc2ccccc2[N+]1=O. The zero-order valence-corrected chi connectivity index (χ0v) is 7.68. The Morgan fingerprint density at radius 1 is 1.36 bits per heavy atom. The molecule has 1 aliphatic heterocycles. The Kier molecular flexibility index (Phi) is 2.37. The first-order valence-electron chi connectivity index (χ1n) is 4.57. The smallest absolute Gasteiger partial charge is 0.145 e. The van der Waals surface area contributed by atoms with Crippen LogP contribution in [0.2, 0.25) is 0 Å². The maximum absolute atomic E-state index is 11.6. The number of fused-ring (bicyclic) bond motifs is 1. The van der Waals surface area contributed by atoms with Gasteiger partial charge in [-0.25, -0.2) is 0 Å². The number of nitroso groups, excluding NO2 is 1. The van der Waals surface area contributed by atoms with Crippen molar-refractivity contribution in [2.45, 2.75) is 12.8 Å². The van der Waals surface area contributed by atoms with Gasteiger partial charge >= 0.3 is 5.84 Å². The van der Waals surface area contributed by atoms with Gasteiger partial charge in [0.1, 0.15) is 0 Å². The number of para-hydroxylation sites is 2. The quantitative estimate of drug-likeness (QED) is 0.669. The fourth-order valence-electron chi connectivity index (χ4n) is 1.45. The minimum absolute atomic E-state index is 0.0865. The van der Waals surface area contributed by atoms with Crippen molar-refractivity contribution in [3.05, 3.63) is 29.2 Å². The highest BCUT2D eigenvalue weighted by atomic mass is 16.3. The number of hydrogen-bond donors (Lipinski definition) is 0. The van der Waals surface area contributed by atoms with E-state index in [4.69, 9.17) is 5.73 Å². The molecule has 0 bridgehead atoms. The largest absolute Gasteiger partial charge is 0.343 e. The highest BCUT2D eigenvalue weighted by Gasteiger charge is 2.32. The Hall–Kier alpha value is -1.55. The molecule has 2 rings (SSSR count). The molecule has 0 spiro atoms. The topological polar surface area (TPSA) is 54.7 Å². The van der Waals surface area contributed by atoms with E-state index in [1.165, 1.54) is 0 Å². The van der Waals surface area contributed by atoms with Crippen molar-refractivity contribution < 1.29 is 4.76 Å². The second-order valence-corrected chi connectivity index (χ2v) is 3.14. The molecule has 0 unspecified atom stereocenters. The van der Waals surface area contributed by atoms with Crippen LogP contribution >= 0.6 is 0 Å². The molecule has 0 aromatic heterocycles. The summed E-state index contributed by atoms with van der Waals surface area (Å²) in [5.41, 5.74) is 9.97. The number of hydrogen-bond acceptors (Lipinski definition) is 2. The molecular weight excluding hydrogens is 178 g/mol. The van der Waals surface area contributed by atoms with Gasteiger partial charge in [-0.3, -0.25) is 0 Å². The molecule has 4 heteroatoms. The molecule has 0 amide bonds. The van der Waals surface area contributed by atoms with E-state index < -0.39 is 0 Å².